The number of anilines is 2. The molecule has 140 valence electrons. The van der Waals surface area contributed by atoms with Gasteiger partial charge in [-0.3, -0.25) is 0 Å². The smallest absolute Gasteiger partial charge is 0.196 e. The predicted octanol–water partition coefficient (Wildman–Crippen LogP) is 2.74. The molecule has 0 aliphatic rings. The second kappa shape index (κ2) is 9.50. The lowest BCUT2D eigenvalue weighted by Crippen LogP contribution is -2.30. The number of rotatable bonds is 7. The summed E-state index contributed by atoms with van der Waals surface area (Å²) in [5.41, 5.74) is 1.92. The van der Waals surface area contributed by atoms with Gasteiger partial charge >= 0.3 is 0 Å². The lowest BCUT2D eigenvalue weighted by molar-refractivity contribution is 0.355. The topological polar surface area (TPSA) is 71.0 Å². The highest BCUT2D eigenvalue weighted by atomic mass is 16.5. The summed E-state index contributed by atoms with van der Waals surface area (Å²) in [7, 11) is 7.18. The summed E-state index contributed by atoms with van der Waals surface area (Å²) >= 11 is 0. The van der Waals surface area contributed by atoms with Crippen LogP contribution in [0, 0.1) is 0 Å². The maximum absolute atomic E-state index is 5.35. The molecule has 0 spiro atoms. The molecular formula is C19H27N5O2. The Bertz CT molecular complexity index is 746. The quantitative estimate of drug-likeness (QED) is 0.586. The van der Waals surface area contributed by atoms with Gasteiger partial charge in [-0.25, -0.2) is 9.98 Å². The van der Waals surface area contributed by atoms with Crippen LogP contribution in [-0.4, -0.2) is 45.8 Å². The number of aliphatic imine (C=N–C) groups is 1. The fourth-order valence-corrected chi connectivity index (χ4v) is 2.48. The minimum Gasteiger partial charge on any atom is -0.493 e. The molecule has 0 saturated carbocycles. The average molecular weight is 357 g/mol. The molecule has 0 amide bonds. The van der Waals surface area contributed by atoms with Crippen LogP contribution in [0.3, 0.4) is 0 Å². The Morgan fingerprint density at radius 1 is 1.15 bits per heavy atom. The first kappa shape index (κ1) is 19.4. The molecule has 2 rings (SSSR count). The SMILES string of the molecule is CCNC(=NCc1cccnc1N(C)C)Nc1ccc(OC)c(OC)c1. The van der Waals surface area contributed by atoms with Gasteiger partial charge in [-0.15, -0.1) is 0 Å². The summed E-state index contributed by atoms with van der Waals surface area (Å²) in [6.07, 6.45) is 1.79. The summed E-state index contributed by atoms with van der Waals surface area (Å²) in [4.78, 5) is 11.1. The fourth-order valence-electron chi connectivity index (χ4n) is 2.48. The van der Waals surface area contributed by atoms with E-state index in [1.807, 2.05) is 56.3 Å². The Morgan fingerprint density at radius 3 is 2.58 bits per heavy atom. The van der Waals surface area contributed by atoms with Gasteiger partial charge in [-0.1, -0.05) is 6.07 Å². The van der Waals surface area contributed by atoms with E-state index < -0.39 is 0 Å². The molecule has 1 aromatic heterocycles. The van der Waals surface area contributed by atoms with Crippen molar-refractivity contribution in [1.82, 2.24) is 10.3 Å². The lowest BCUT2D eigenvalue weighted by Gasteiger charge is -2.16. The number of hydrogen-bond acceptors (Lipinski definition) is 5. The molecule has 0 unspecified atom stereocenters. The van der Waals surface area contributed by atoms with Crippen LogP contribution in [0.5, 0.6) is 11.5 Å². The van der Waals surface area contributed by atoms with E-state index in [1.165, 1.54) is 0 Å². The van der Waals surface area contributed by atoms with Gasteiger partial charge in [0.15, 0.2) is 17.5 Å². The van der Waals surface area contributed by atoms with Crippen molar-refractivity contribution in [2.75, 3.05) is 45.1 Å². The van der Waals surface area contributed by atoms with Crippen molar-refractivity contribution >= 4 is 17.5 Å². The van der Waals surface area contributed by atoms with Gasteiger partial charge in [0.1, 0.15) is 5.82 Å². The van der Waals surface area contributed by atoms with E-state index in [-0.39, 0.29) is 0 Å². The number of guanidine groups is 1. The van der Waals surface area contributed by atoms with E-state index in [0.29, 0.717) is 24.0 Å². The molecule has 0 saturated heterocycles. The zero-order chi connectivity index (χ0) is 18.9. The van der Waals surface area contributed by atoms with E-state index in [1.54, 1.807) is 20.4 Å². The molecule has 1 aromatic carbocycles. The number of aromatic nitrogens is 1. The molecule has 1 heterocycles. The monoisotopic (exact) mass is 357 g/mol. The number of pyridine rings is 1. The second-order valence-corrected chi connectivity index (χ2v) is 5.77. The Kier molecular flexibility index (Phi) is 7.08. The van der Waals surface area contributed by atoms with Crippen molar-refractivity contribution in [3.63, 3.8) is 0 Å². The summed E-state index contributed by atoms with van der Waals surface area (Å²) in [6, 6.07) is 9.61. The first-order chi connectivity index (χ1) is 12.6. The summed E-state index contributed by atoms with van der Waals surface area (Å²) in [6.45, 7) is 3.30. The van der Waals surface area contributed by atoms with Crippen molar-refractivity contribution in [3.05, 3.63) is 42.1 Å². The predicted molar refractivity (Wildman–Crippen MR) is 107 cm³/mol. The Hall–Kier alpha value is -2.96. The van der Waals surface area contributed by atoms with Crippen molar-refractivity contribution in [2.24, 2.45) is 4.99 Å². The summed E-state index contributed by atoms with van der Waals surface area (Å²) in [5, 5.41) is 6.54. The number of benzene rings is 1. The van der Waals surface area contributed by atoms with Gasteiger partial charge in [0.25, 0.3) is 0 Å². The average Bonchev–Trinajstić information content (AvgIpc) is 2.66. The Balaban J connectivity index is 2.20. The Labute approximate surface area is 155 Å². The minimum absolute atomic E-state index is 0.518. The summed E-state index contributed by atoms with van der Waals surface area (Å²) in [5.74, 6) is 2.95. The maximum atomic E-state index is 5.35. The maximum Gasteiger partial charge on any atom is 0.196 e. The van der Waals surface area contributed by atoms with Crippen LogP contribution in [0.1, 0.15) is 12.5 Å². The molecule has 0 bridgehead atoms. The van der Waals surface area contributed by atoms with Gasteiger partial charge in [-0.05, 0) is 25.1 Å². The third-order valence-electron chi connectivity index (χ3n) is 3.69. The lowest BCUT2D eigenvalue weighted by atomic mass is 10.2. The van der Waals surface area contributed by atoms with E-state index in [2.05, 4.69) is 20.6 Å². The van der Waals surface area contributed by atoms with Crippen LogP contribution in [0.15, 0.2) is 41.5 Å². The van der Waals surface area contributed by atoms with E-state index in [4.69, 9.17) is 9.47 Å². The van der Waals surface area contributed by atoms with E-state index in [0.717, 1.165) is 23.6 Å². The van der Waals surface area contributed by atoms with Crippen LogP contribution in [-0.2, 0) is 6.54 Å². The van der Waals surface area contributed by atoms with Gasteiger partial charge < -0.3 is 25.0 Å². The zero-order valence-electron chi connectivity index (χ0n) is 16.0. The second-order valence-electron chi connectivity index (χ2n) is 5.77. The van der Waals surface area contributed by atoms with Gasteiger partial charge in [0, 0.05) is 44.2 Å². The zero-order valence-corrected chi connectivity index (χ0v) is 16.0. The van der Waals surface area contributed by atoms with E-state index >= 15 is 0 Å². The molecule has 0 radical (unpaired) electrons. The van der Waals surface area contributed by atoms with E-state index in [9.17, 15) is 0 Å². The first-order valence-corrected chi connectivity index (χ1v) is 8.47. The van der Waals surface area contributed by atoms with Crippen LogP contribution in [0.2, 0.25) is 0 Å². The molecular weight excluding hydrogens is 330 g/mol. The molecule has 26 heavy (non-hydrogen) atoms. The molecule has 7 nitrogen and oxygen atoms in total. The number of methoxy groups -OCH3 is 2. The van der Waals surface area contributed by atoms with Gasteiger partial charge in [0.05, 0.1) is 20.8 Å². The standard InChI is InChI=1S/C19H27N5O2/c1-6-20-19(22-13-14-8-7-11-21-18(14)24(2)3)23-15-9-10-16(25-4)17(12-15)26-5/h7-12H,6,13H2,1-5H3,(H2,20,22,23). The van der Waals surface area contributed by atoms with Crippen molar-refractivity contribution in [2.45, 2.75) is 13.5 Å². The molecule has 0 aliphatic heterocycles. The molecule has 7 heteroatoms. The molecule has 0 aliphatic carbocycles. The van der Waals surface area contributed by atoms with Crippen LogP contribution in [0.4, 0.5) is 11.5 Å². The third-order valence-corrected chi connectivity index (χ3v) is 3.69. The largest absolute Gasteiger partial charge is 0.493 e. The third kappa shape index (κ3) is 5.02. The Morgan fingerprint density at radius 2 is 1.92 bits per heavy atom. The highest BCUT2D eigenvalue weighted by Crippen LogP contribution is 2.29. The normalized spacial score (nSPS) is 11.0. The van der Waals surface area contributed by atoms with Crippen LogP contribution < -0.4 is 25.0 Å². The highest BCUT2D eigenvalue weighted by Gasteiger charge is 2.08. The fraction of sp³-hybridized carbons (Fsp3) is 0.368. The molecule has 0 fully saturated rings. The highest BCUT2D eigenvalue weighted by molar-refractivity contribution is 5.94. The summed E-state index contributed by atoms with van der Waals surface area (Å²) < 4.78 is 10.6. The number of ether oxygens (including phenoxy) is 2. The van der Waals surface area contributed by atoms with Gasteiger partial charge in [0.2, 0.25) is 0 Å². The number of hydrogen-bond donors (Lipinski definition) is 2. The van der Waals surface area contributed by atoms with Crippen molar-refractivity contribution in [1.29, 1.82) is 0 Å². The van der Waals surface area contributed by atoms with Crippen LogP contribution in [0.25, 0.3) is 0 Å². The van der Waals surface area contributed by atoms with Crippen molar-refractivity contribution < 1.29 is 9.47 Å². The van der Waals surface area contributed by atoms with Gasteiger partial charge in [-0.2, -0.15) is 0 Å². The molecule has 0 atom stereocenters. The van der Waals surface area contributed by atoms with Crippen LogP contribution >= 0.6 is 0 Å². The first-order valence-electron chi connectivity index (χ1n) is 8.47. The minimum atomic E-state index is 0.518. The molecule has 2 aromatic rings. The molecule has 2 N–H and O–H groups in total. The number of nitrogens with zero attached hydrogens (tertiary/aromatic N) is 3. The van der Waals surface area contributed by atoms with Crippen molar-refractivity contribution in [3.8, 4) is 11.5 Å². The number of nitrogens with one attached hydrogen (secondary N) is 2.